The summed E-state index contributed by atoms with van der Waals surface area (Å²) >= 11 is 0. The molecule has 5 aromatic carbocycles. The van der Waals surface area contributed by atoms with E-state index < -0.39 is 7.14 Å². The Balaban J connectivity index is 1.45. The molecule has 0 unspecified atom stereocenters. The van der Waals surface area contributed by atoms with Crippen molar-refractivity contribution in [2.75, 3.05) is 0 Å². The van der Waals surface area contributed by atoms with Crippen molar-refractivity contribution in [1.82, 2.24) is 4.40 Å². The third-order valence-electron chi connectivity index (χ3n) is 6.90. The molecule has 0 atom stereocenters. The van der Waals surface area contributed by atoms with Crippen LogP contribution in [-0.2, 0) is 4.57 Å². The highest BCUT2D eigenvalue weighted by Crippen LogP contribution is 2.44. The SMILES string of the molecule is O=P(c1ccccc1)(c1ccccc1)c1ccc(-c2c3ccccc3n3c2oc2ccccc23)cc1. The third kappa shape index (κ3) is 3.03. The summed E-state index contributed by atoms with van der Waals surface area (Å²) in [7, 11) is -3.02. The van der Waals surface area contributed by atoms with Crippen LogP contribution in [0.5, 0.6) is 0 Å². The van der Waals surface area contributed by atoms with E-state index in [1.807, 2.05) is 91.0 Å². The number of para-hydroxylation sites is 3. The smallest absolute Gasteiger partial charge is 0.213 e. The van der Waals surface area contributed by atoms with Crippen LogP contribution < -0.4 is 15.9 Å². The number of fused-ring (bicyclic) bond motifs is 5. The molecule has 3 nitrogen and oxygen atoms in total. The zero-order chi connectivity index (χ0) is 24.1. The summed E-state index contributed by atoms with van der Waals surface area (Å²) in [4.78, 5) is 0. The highest BCUT2D eigenvalue weighted by molar-refractivity contribution is 7.85. The van der Waals surface area contributed by atoms with Gasteiger partial charge in [0, 0.05) is 21.3 Å². The molecule has 0 fully saturated rings. The van der Waals surface area contributed by atoms with Crippen LogP contribution in [0.15, 0.2) is 138 Å². The topological polar surface area (TPSA) is 34.6 Å². The molecule has 0 aliphatic carbocycles. The molecule has 0 saturated heterocycles. The number of benzene rings is 5. The lowest BCUT2D eigenvalue weighted by Crippen LogP contribution is -2.24. The van der Waals surface area contributed by atoms with Gasteiger partial charge in [-0.15, -0.1) is 0 Å². The lowest BCUT2D eigenvalue weighted by molar-refractivity contribution is 0.592. The fourth-order valence-electron chi connectivity index (χ4n) is 5.22. The molecular formula is C32H22NO2P. The molecule has 2 aromatic heterocycles. The van der Waals surface area contributed by atoms with Crippen molar-refractivity contribution in [3.63, 3.8) is 0 Å². The molecule has 36 heavy (non-hydrogen) atoms. The highest BCUT2D eigenvalue weighted by atomic mass is 31.2. The van der Waals surface area contributed by atoms with Crippen LogP contribution in [0.25, 0.3) is 38.8 Å². The summed E-state index contributed by atoms with van der Waals surface area (Å²) in [5.41, 5.74) is 5.90. The second kappa shape index (κ2) is 8.12. The molecule has 7 rings (SSSR count). The van der Waals surface area contributed by atoms with Crippen LogP contribution >= 0.6 is 7.14 Å². The second-order valence-corrected chi connectivity index (χ2v) is 11.7. The summed E-state index contributed by atoms with van der Waals surface area (Å²) in [6.07, 6.45) is 0. The van der Waals surface area contributed by atoms with Gasteiger partial charge in [-0.3, -0.25) is 4.40 Å². The number of nitrogens with zero attached hydrogens (tertiary/aromatic N) is 1. The Morgan fingerprint density at radius 1 is 0.528 bits per heavy atom. The molecular weight excluding hydrogens is 461 g/mol. The van der Waals surface area contributed by atoms with Gasteiger partial charge in [0.25, 0.3) is 0 Å². The molecule has 0 radical (unpaired) electrons. The van der Waals surface area contributed by atoms with Gasteiger partial charge in [0.15, 0.2) is 12.7 Å². The predicted octanol–water partition coefficient (Wildman–Crippen LogP) is 7.15. The fourth-order valence-corrected chi connectivity index (χ4v) is 7.87. The summed E-state index contributed by atoms with van der Waals surface area (Å²) in [5.74, 6) is 0. The van der Waals surface area contributed by atoms with E-state index in [4.69, 9.17) is 4.42 Å². The highest BCUT2D eigenvalue weighted by Gasteiger charge is 2.29. The van der Waals surface area contributed by atoms with E-state index in [0.29, 0.717) is 0 Å². The molecule has 2 heterocycles. The summed E-state index contributed by atoms with van der Waals surface area (Å²) in [6.45, 7) is 0. The maximum absolute atomic E-state index is 14.7. The summed E-state index contributed by atoms with van der Waals surface area (Å²) in [6, 6.07) is 44.2. The Hall–Kier alpha value is -4.33. The molecule has 172 valence electrons. The van der Waals surface area contributed by atoms with Gasteiger partial charge < -0.3 is 8.98 Å². The van der Waals surface area contributed by atoms with E-state index in [0.717, 1.165) is 54.8 Å². The summed E-state index contributed by atoms with van der Waals surface area (Å²) in [5, 5.41) is 3.60. The lowest BCUT2D eigenvalue weighted by Gasteiger charge is -2.20. The van der Waals surface area contributed by atoms with E-state index in [-0.39, 0.29) is 0 Å². The van der Waals surface area contributed by atoms with Crippen LogP contribution in [-0.4, -0.2) is 4.40 Å². The Morgan fingerprint density at radius 3 is 1.72 bits per heavy atom. The predicted molar refractivity (Wildman–Crippen MR) is 150 cm³/mol. The van der Waals surface area contributed by atoms with Gasteiger partial charge in [0.05, 0.1) is 16.6 Å². The van der Waals surface area contributed by atoms with E-state index in [1.165, 1.54) is 0 Å². The standard InChI is InChI=1S/C32H22NO2P/c34-36(24-11-3-1-4-12-24,25-13-5-2-6-14-25)26-21-19-23(20-22-26)31-27-15-7-8-16-28(27)33-29-17-9-10-18-30(29)35-32(31)33/h1-22H. The molecule has 0 spiro atoms. The molecule has 4 heteroatoms. The zero-order valence-corrected chi connectivity index (χ0v) is 20.3. The lowest BCUT2D eigenvalue weighted by atomic mass is 10.0. The Kier molecular flexibility index (Phi) is 4.73. The van der Waals surface area contributed by atoms with Crippen molar-refractivity contribution >= 4 is 50.8 Å². The first-order chi connectivity index (χ1) is 17.7. The third-order valence-corrected chi connectivity index (χ3v) is 9.98. The van der Waals surface area contributed by atoms with Gasteiger partial charge in [0.1, 0.15) is 0 Å². The minimum absolute atomic E-state index is 0.813. The number of rotatable bonds is 4. The fraction of sp³-hybridized carbons (Fsp3) is 0. The van der Waals surface area contributed by atoms with Crippen molar-refractivity contribution in [3.05, 3.63) is 133 Å². The monoisotopic (exact) mass is 483 g/mol. The first-order valence-corrected chi connectivity index (χ1v) is 13.7. The van der Waals surface area contributed by atoms with Gasteiger partial charge in [0.2, 0.25) is 5.71 Å². The van der Waals surface area contributed by atoms with Crippen LogP contribution in [0.2, 0.25) is 0 Å². The van der Waals surface area contributed by atoms with E-state index in [1.54, 1.807) is 0 Å². The van der Waals surface area contributed by atoms with E-state index in [2.05, 4.69) is 46.9 Å². The largest absolute Gasteiger partial charge is 0.438 e. The Bertz CT molecular complexity index is 1860. The number of aromatic nitrogens is 1. The first-order valence-electron chi connectivity index (χ1n) is 12.0. The molecule has 0 N–H and O–H groups in total. The first kappa shape index (κ1) is 21.0. The minimum Gasteiger partial charge on any atom is -0.438 e. The van der Waals surface area contributed by atoms with Gasteiger partial charge in [-0.05, 0) is 23.8 Å². The normalized spacial score (nSPS) is 12.0. The Morgan fingerprint density at radius 2 is 1.06 bits per heavy atom. The average Bonchev–Trinajstić information content (AvgIpc) is 3.48. The van der Waals surface area contributed by atoms with Gasteiger partial charge in [-0.2, -0.15) is 0 Å². The Labute approximate surface area is 208 Å². The van der Waals surface area contributed by atoms with Crippen molar-refractivity contribution in [1.29, 1.82) is 0 Å². The van der Waals surface area contributed by atoms with Crippen molar-refractivity contribution in [2.24, 2.45) is 0 Å². The van der Waals surface area contributed by atoms with Crippen LogP contribution in [0.3, 0.4) is 0 Å². The minimum atomic E-state index is -3.02. The molecule has 0 bridgehead atoms. The van der Waals surface area contributed by atoms with E-state index >= 15 is 0 Å². The van der Waals surface area contributed by atoms with Crippen LogP contribution in [0.4, 0.5) is 0 Å². The van der Waals surface area contributed by atoms with Gasteiger partial charge in [-0.1, -0.05) is 115 Å². The average molecular weight is 484 g/mol. The molecule has 0 aliphatic heterocycles. The van der Waals surface area contributed by atoms with E-state index in [9.17, 15) is 4.57 Å². The molecule has 0 aliphatic rings. The number of oxazole rings is 1. The molecule has 7 aromatic rings. The summed E-state index contributed by atoms with van der Waals surface area (Å²) < 4.78 is 23.3. The van der Waals surface area contributed by atoms with Gasteiger partial charge >= 0.3 is 0 Å². The zero-order valence-electron chi connectivity index (χ0n) is 19.4. The van der Waals surface area contributed by atoms with Crippen LogP contribution in [0, 0.1) is 0 Å². The maximum atomic E-state index is 14.7. The van der Waals surface area contributed by atoms with Crippen molar-refractivity contribution in [3.8, 4) is 11.1 Å². The van der Waals surface area contributed by atoms with Crippen molar-refractivity contribution < 1.29 is 8.98 Å². The number of hydrogen-bond acceptors (Lipinski definition) is 2. The number of hydrogen-bond donors (Lipinski definition) is 0. The van der Waals surface area contributed by atoms with Crippen LogP contribution in [0.1, 0.15) is 0 Å². The quantitative estimate of drug-likeness (QED) is 0.249. The molecule has 0 amide bonds. The molecule has 0 saturated carbocycles. The maximum Gasteiger partial charge on any atom is 0.213 e. The van der Waals surface area contributed by atoms with Gasteiger partial charge in [-0.25, -0.2) is 0 Å². The second-order valence-electron chi connectivity index (χ2n) is 8.93. The van der Waals surface area contributed by atoms with Crippen molar-refractivity contribution in [2.45, 2.75) is 0 Å².